The minimum absolute atomic E-state index is 0.870. The molecule has 30 rings (SSSR count). The number of fused-ring (bicyclic) bond motifs is 20. The molecule has 146 heavy (non-hydrogen) atoms. The topological polar surface area (TPSA) is 78.8 Å². The molecular formula is C140H86O6. The molecule has 0 aliphatic heterocycles. The summed E-state index contributed by atoms with van der Waals surface area (Å²) in [4.78, 5) is 0. The molecule has 0 spiro atoms. The summed E-state index contributed by atoms with van der Waals surface area (Å²) in [6, 6.07) is 186. The van der Waals surface area contributed by atoms with Crippen molar-refractivity contribution in [2.24, 2.45) is 0 Å². The standard InChI is InChI=1S/C60H36O3.C48H30O2.C32H20O/c1-4-10-37(11-5-1)40-16-22-55-49(31-40)52-34-43(19-25-58(52)61-55)46-28-47(44-20-26-59-53(35-44)50-32-41(17-23-56(50)62-59)38-12-6-2-7-13-38)30-48(29-46)45-21-27-60-54(36-45)51-33-42(18-24-57(51)63-60)39-14-8-3-9-15-39;1-4-10-31(11-5-1)34-16-20-45-41(27-34)43-29-36(18-22-47(43)49-45)39-24-38(33-14-8-3-9-15-33)25-40(26-39)37-19-23-48-44(30-37)42-28-35(17-21-46(42)50-48)32-12-6-2-7-13-32;1-3-7-23-17-25(11-9-21(23)5-1)27-13-15-31-29(19-27)30-20-28(14-16-32(30)33-31)26-12-10-22-6-2-4-8-24(22)18-26/h1-36H;1-30H;1-20H. The Morgan fingerprint density at radius 3 is 0.377 bits per heavy atom. The van der Waals surface area contributed by atoms with Gasteiger partial charge in [0, 0.05) is 64.6 Å². The normalized spacial score (nSPS) is 11.7. The van der Waals surface area contributed by atoms with Crippen LogP contribution >= 0.6 is 0 Å². The van der Waals surface area contributed by atoms with Crippen LogP contribution < -0.4 is 0 Å². The van der Waals surface area contributed by atoms with E-state index in [0.29, 0.717) is 0 Å². The average Bonchev–Trinajstić information content (AvgIpc) is 1.55. The molecule has 0 aliphatic carbocycles. The molecule has 0 radical (unpaired) electrons. The minimum Gasteiger partial charge on any atom is -0.456 e. The van der Waals surface area contributed by atoms with Gasteiger partial charge in [0.15, 0.2) is 0 Å². The first kappa shape index (κ1) is 84.7. The molecule has 0 unspecified atom stereocenters. The summed E-state index contributed by atoms with van der Waals surface area (Å²) >= 11 is 0. The molecule has 0 saturated carbocycles. The van der Waals surface area contributed by atoms with Crippen LogP contribution in [0.15, 0.2) is 548 Å². The minimum atomic E-state index is 0.870. The van der Waals surface area contributed by atoms with Crippen molar-refractivity contribution in [3.63, 3.8) is 0 Å². The van der Waals surface area contributed by atoms with E-state index in [4.69, 9.17) is 26.5 Å². The molecule has 6 heterocycles. The fourth-order valence-electron chi connectivity index (χ4n) is 21.6. The third-order valence-electron chi connectivity index (χ3n) is 29.2. The maximum absolute atomic E-state index is 6.41. The summed E-state index contributed by atoms with van der Waals surface area (Å²) in [5, 5.41) is 18.4. The highest BCUT2D eigenvalue weighted by molar-refractivity contribution is 6.15. The average molecular weight is 1860 g/mol. The fraction of sp³-hybridized carbons (Fsp3) is 0. The zero-order chi connectivity index (χ0) is 96.2. The molecule has 0 N–H and O–H groups in total. The van der Waals surface area contributed by atoms with E-state index >= 15 is 0 Å². The van der Waals surface area contributed by atoms with E-state index in [1.165, 1.54) is 93.9 Å². The van der Waals surface area contributed by atoms with Gasteiger partial charge >= 0.3 is 0 Å². The fourth-order valence-corrected chi connectivity index (χ4v) is 21.6. The van der Waals surface area contributed by atoms with Gasteiger partial charge in [-0.1, -0.05) is 328 Å². The number of furan rings is 6. The lowest BCUT2D eigenvalue weighted by atomic mass is 9.91. The molecule has 0 bridgehead atoms. The highest BCUT2D eigenvalue weighted by atomic mass is 16.3. The van der Waals surface area contributed by atoms with Crippen LogP contribution in [0, 0.1) is 0 Å². The van der Waals surface area contributed by atoms with Gasteiger partial charge in [-0.2, -0.15) is 0 Å². The summed E-state index contributed by atoms with van der Waals surface area (Å²) in [7, 11) is 0. The highest BCUT2D eigenvalue weighted by Crippen LogP contribution is 2.47. The highest BCUT2D eigenvalue weighted by Gasteiger charge is 2.22. The van der Waals surface area contributed by atoms with Crippen LogP contribution in [-0.4, -0.2) is 0 Å². The van der Waals surface area contributed by atoms with Gasteiger partial charge in [-0.3, -0.25) is 0 Å². The lowest BCUT2D eigenvalue weighted by Crippen LogP contribution is -1.87. The quantitative estimate of drug-likeness (QED) is 0.114. The van der Waals surface area contributed by atoms with Gasteiger partial charge < -0.3 is 26.5 Å². The van der Waals surface area contributed by atoms with Gasteiger partial charge in [-0.05, 0) is 360 Å². The molecule has 30 aromatic rings. The van der Waals surface area contributed by atoms with E-state index in [1.807, 2.05) is 0 Å². The summed E-state index contributed by atoms with van der Waals surface area (Å²) in [5.41, 5.74) is 40.9. The van der Waals surface area contributed by atoms with Gasteiger partial charge in [0.25, 0.3) is 0 Å². The first-order valence-corrected chi connectivity index (χ1v) is 49.6. The third kappa shape index (κ3) is 15.7. The third-order valence-corrected chi connectivity index (χ3v) is 29.2. The Bertz CT molecular complexity index is 9640. The molecule has 6 nitrogen and oxygen atoms in total. The molecule has 6 aromatic heterocycles. The number of benzene rings is 24. The Hall–Kier alpha value is -19.4. The van der Waals surface area contributed by atoms with Crippen LogP contribution in [0.2, 0.25) is 0 Å². The Morgan fingerprint density at radius 2 is 0.199 bits per heavy atom. The van der Waals surface area contributed by atoms with Gasteiger partial charge in [-0.25, -0.2) is 0 Å². The van der Waals surface area contributed by atoms with E-state index < -0.39 is 0 Å². The Balaban J connectivity index is 0.000000111. The molecule has 0 fully saturated rings. The van der Waals surface area contributed by atoms with Gasteiger partial charge in [0.2, 0.25) is 0 Å². The monoisotopic (exact) mass is 1860 g/mol. The van der Waals surface area contributed by atoms with E-state index in [0.717, 1.165) is 204 Å². The molecule has 682 valence electrons. The second-order valence-corrected chi connectivity index (χ2v) is 38.1. The van der Waals surface area contributed by atoms with Crippen molar-refractivity contribution in [1.29, 1.82) is 0 Å². The van der Waals surface area contributed by atoms with Crippen LogP contribution in [0.4, 0.5) is 0 Å². The van der Waals surface area contributed by atoms with Crippen LogP contribution in [0.25, 0.3) is 298 Å². The van der Waals surface area contributed by atoms with E-state index in [9.17, 15) is 0 Å². The Labute approximate surface area is 840 Å². The maximum atomic E-state index is 6.41. The van der Waals surface area contributed by atoms with E-state index in [2.05, 4.69) is 522 Å². The molecule has 6 heteroatoms. The summed E-state index contributed by atoms with van der Waals surface area (Å²) in [6.07, 6.45) is 0. The maximum Gasteiger partial charge on any atom is 0.135 e. The van der Waals surface area contributed by atoms with Crippen molar-refractivity contribution in [3.05, 3.63) is 522 Å². The number of hydrogen-bond acceptors (Lipinski definition) is 6. The zero-order valence-corrected chi connectivity index (χ0v) is 79.1. The zero-order valence-electron chi connectivity index (χ0n) is 79.1. The molecular weight excluding hydrogens is 1780 g/mol. The first-order chi connectivity index (χ1) is 72.2. The van der Waals surface area contributed by atoms with Crippen LogP contribution in [0.1, 0.15) is 0 Å². The summed E-state index contributed by atoms with van der Waals surface area (Å²) in [6.45, 7) is 0. The van der Waals surface area contributed by atoms with Crippen molar-refractivity contribution >= 4 is 153 Å². The predicted molar refractivity (Wildman–Crippen MR) is 609 cm³/mol. The number of hydrogen-bond donors (Lipinski definition) is 0. The molecule has 0 amide bonds. The van der Waals surface area contributed by atoms with Gasteiger partial charge in [0.05, 0.1) is 0 Å². The molecule has 24 aromatic carbocycles. The second-order valence-electron chi connectivity index (χ2n) is 38.1. The van der Waals surface area contributed by atoms with Crippen molar-refractivity contribution in [2.45, 2.75) is 0 Å². The Kier molecular flexibility index (Phi) is 20.5. The van der Waals surface area contributed by atoms with Crippen molar-refractivity contribution in [3.8, 4) is 145 Å². The van der Waals surface area contributed by atoms with Crippen molar-refractivity contribution < 1.29 is 26.5 Å². The largest absolute Gasteiger partial charge is 0.456 e. The van der Waals surface area contributed by atoms with Crippen LogP contribution in [-0.2, 0) is 0 Å². The first-order valence-electron chi connectivity index (χ1n) is 49.6. The Morgan fingerprint density at radius 1 is 0.0753 bits per heavy atom. The predicted octanol–water partition coefficient (Wildman–Crippen LogP) is 40.4. The van der Waals surface area contributed by atoms with Crippen molar-refractivity contribution in [2.75, 3.05) is 0 Å². The van der Waals surface area contributed by atoms with Crippen LogP contribution in [0.5, 0.6) is 0 Å². The smallest absolute Gasteiger partial charge is 0.135 e. The lowest BCUT2D eigenvalue weighted by molar-refractivity contribution is 0.668. The van der Waals surface area contributed by atoms with Gasteiger partial charge in [-0.15, -0.1) is 0 Å². The molecule has 0 aliphatic rings. The number of rotatable bonds is 13. The summed E-state index contributed by atoms with van der Waals surface area (Å²) in [5.74, 6) is 0. The van der Waals surface area contributed by atoms with Crippen LogP contribution in [0.3, 0.4) is 0 Å². The summed E-state index contributed by atoms with van der Waals surface area (Å²) < 4.78 is 38.0. The SMILES string of the molecule is c1ccc(-c2cc(-c3ccc4oc5ccc(-c6ccccc6)cc5c4c3)cc(-c3ccc4oc5ccc(-c6ccccc6)cc5c4c3)c2)cc1.c1ccc(-c2ccc3oc4ccc(-c5cc(-c6ccc7oc8ccc(-c9ccccc9)cc8c7c6)cc(-c6ccc7oc8ccc(-c9ccccc9)cc8c7c6)c5)cc4c3c2)cc1.c1ccc2cc(-c3ccc4oc5ccc(-c6ccc7ccccc7c6)cc5c4c3)ccc2c1. The van der Waals surface area contributed by atoms with E-state index in [-0.39, 0.29) is 0 Å². The van der Waals surface area contributed by atoms with E-state index in [1.54, 1.807) is 0 Å². The molecule has 0 saturated heterocycles. The van der Waals surface area contributed by atoms with Crippen molar-refractivity contribution in [1.82, 2.24) is 0 Å². The molecule has 0 atom stereocenters. The second kappa shape index (κ2) is 35.4. The van der Waals surface area contributed by atoms with Gasteiger partial charge in [0.1, 0.15) is 67.0 Å². The lowest BCUT2D eigenvalue weighted by Gasteiger charge is -2.12.